The fraction of sp³-hybridized carbons (Fsp3) is 0.259. The van der Waals surface area contributed by atoms with Gasteiger partial charge in [0.25, 0.3) is 5.91 Å². The van der Waals surface area contributed by atoms with Gasteiger partial charge in [0.2, 0.25) is 0 Å². The van der Waals surface area contributed by atoms with Crippen LogP contribution in [0, 0.1) is 6.92 Å². The summed E-state index contributed by atoms with van der Waals surface area (Å²) < 4.78 is 8.13. The van der Waals surface area contributed by atoms with Crippen molar-refractivity contribution in [3.63, 3.8) is 0 Å². The predicted octanol–water partition coefficient (Wildman–Crippen LogP) is 6.35. The summed E-state index contributed by atoms with van der Waals surface area (Å²) in [5.41, 5.74) is 3.58. The number of unbranched alkanes of at least 4 members (excludes halogenated alkanes) is 1. The van der Waals surface area contributed by atoms with Crippen LogP contribution in [0.5, 0.6) is 5.75 Å². The summed E-state index contributed by atoms with van der Waals surface area (Å²) in [6.45, 7) is 5.45. The third-order valence-corrected chi connectivity index (χ3v) is 5.99. The number of carbonyl (C=O) groups excluding carboxylic acids is 1. The van der Waals surface area contributed by atoms with Gasteiger partial charge in [0.1, 0.15) is 11.6 Å². The normalized spacial score (nSPS) is 12.0. The summed E-state index contributed by atoms with van der Waals surface area (Å²) in [6.07, 6.45) is 1.85. The average molecular weight is 462 g/mol. The molecule has 0 saturated heterocycles. The molecule has 0 aliphatic heterocycles. The Kier molecular flexibility index (Phi) is 7.30. The summed E-state index contributed by atoms with van der Waals surface area (Å²) in [5.74, 6) is 1.55. The van der Waals surface area contributed by atoms with E-state index in [-0.39, 0.29) is 11.9 Å². The highest BCUT2D eigenvalue weighted by atomic mass is 35.5. The lowest BCUT2D eigenvalue weighted by atomic mass is 10.2. The molecule has 1 amide bonds. The van der Waals surface area contributed by atoms with Crippen molar-refractivity contribution in [3.05, 3.63) is 94.8 Å². The number of aromatic nitrogens is 2. The highest BCUT2D eigenvalue weighted by Crippen LogP contribution is 2.23. The minimum Gasteiger partial charge on any atom is -0.493 e. The molecule has 1 heterocycles. The average Bonchev–Trinajstić information content (AvgIpc) is 3.19. The van der Waals surface area contributed by atoms with Crippen LogP contribution in [0.15, 0.2) is 72.8 Å². The Labute approximate surface area is 199 Å². The second kappa shape index (κ2) is 10.5. The first-order valence-corrected chi connectivity index (χ1v) is 11.6. The van der Waals surface area contributed by atoms with Crippen LogP contribution in [0.25, 0.3) is 11.0 Å². The van der Waals surface area contributed by atoms with Crippen LogP contribution >= 0.6 is 11.6 Å². The van der Waals surface area contributed by atoms with E-state index in [1.54, 1.807) is 18.2 Å². The molecule has 0 aliphatic rings. The molecule has 170 valence electrons. The van der Waals surface area contributed by atoms with Gasteiger partial charge in [0.15, 0.2) is 0 Å². The van der Waals surface area contributed by atoms with Crippen molar-refractivity contribution in [3.8, 4) is 5.75 Å². The van der Waals surface area contributed by atoms with Crippen molar-refractivity contribution in [1.82, 2.24) is 14.9 Å². The van der Waals surface area contributed by atoms with E-state index >= 15 is 0 Å². The number of amides is 1. The summed E-state index contributed by atoms with van der Waals surface area (Å²) in [6, 6.07) is 22.9. The molecule has 0 saturated carbocycles. The number of para-hydroxylation sites is 3. The molecule has 0 spiro atoms. The number of aryl methyl sites for hydroxylation is 2. The second-order valence-corrected chi connectivity index (χ2v) is 8.51. The van der Waals surface area contributed by atoms with Crippen molar-refractivity contribution in [2.75, 3.05) is 6.61 Å². The van der Waals surface area contributed by atoms with Gasteiger partial charge in [-0.2, -0.15) is 0 Å². The predicted molar refractivity (Wildman–Crippen MR) is 133 cm³/mol. The Morgan fingerprint density at radius 2 is 1.76 bits per heavy atom. The fourth-order valence-corrected chi connectivity index (χ4v) is 4.14. The molecule has 33 heavy (non-hydrogen) atoms. The Bertz CT molecular complexity index is 1250. The number of halogens is 1. The van der Waals surface area contributed by atoms with Crippen LogP contribution in [0.1, 0.15) is 47.6 Å². The molecule has 4 aromatic rings. The quantitative estimate of drug-likeness (QED) is 0.295. The van der Waals surface area contributed by atoms with Gasteiger partial charge in [-0.05, 0) is 62.6 Å². The number of ether oxygens (including phenoxy) is 1. The van der Waals surface area contributed by atoms with Crippen LogP contribution in [0.2, 0.25) is 5.02 Å². The third-order valence-electron chi connectivity index (χ3n) is 5.66. The molecular formula is C27H28ClN3O2. The summed E-state index contributed by atoms with van der Waals surface area (Å²) in [7, 11) is 0. The first-order valence-electron chi connectivity index (χ1n) is 11.2. The highest BCUT2D eigenvalue weighted by molar-refractivity contribution is 6.33. The summed E-state index contributed by atoms with van der Waals surface area (Å²) in [5, 5.41) is 3.49. The third kappa shape index (κ3) is 5.37. The molecule has 0 radical (unpaired) electrons. The highest BCUT2D eigenvalue weighted by Gasteiger charge is 2.20. The Balaban J connectivity index is 1.44. The molecule has 0 aliphatic carbocycles. The standard InChI is InChI=1S/C27H28ClN3O2/c1-19-11-3-8-16-25(19)33-18-10-9-17-31-24-15-7-6-14-23(24)30-26(31)20(2)29-27(32)21-12-4-5-13-22(21)28/h3-8,11-16,20H,9-10,17-18H2,1-2H3,(H,29,32). The van der Waals surface area contributed by atoms with Gasteiger partial charge in [0, 0.05) is 6.54 Å². The molecule has 6 heteroatoms. The van der Waals surface area contributed by atoms with Gasteiger partial charge < -0.3 is 14.6 Å². The first kappa shape index (κ1) is 22.9. The van der Waals surface area contributed by atoms with Crippen LogP contribution in [-0.4, -0.2) is 22.1 Å². The topological polar surface area (TPSA) is 56.1 Å². The van der Waals surface area contributed by atoms with Crippen LogP contribution in [0.3, 0.4) is 0 Å². The smallest absolute Gasteiger partial charge is 0.253 e. The molecule has 0 fully saturated rings. The molecule has 4 rings (SSSR count). The molecule has 0 bridgehead atoms. The number of nitrogens with zero attached hydrogens (tertiary/aromatic N) is 2. The zero-order valence-electron chi connectivity index (χ0n) is 18.9. The zero-order valence-corrected chi connectivity index (χ0v) is 19.7. The minimum atomic E-state index is -0.274. The maximum atomic E-state index is 12.8. The molecule has 1 N–H and O–H groups in total. The molecule has 1 atom stereocenters. The maximum absolute atomic E-state index is 12.8. The van der Waals surface area contributed by atoms with E-state index in [0.717, 1.165) is 47.6 Å². The molecule has 5 nitrogen and oxygen atoms in total. The van der Waals surface area contributed by atoms with E-state index in [0.29, 0.717) is 17.2 Å². The lowest BCUT2D eigenvalue weighted by Gasteiger charge is -2.17. The van der Waals surface area contributed by atoms with Crippen molar-refractivity contribution in [1.29, 1.82) is 0 Å². The number of imidazole rings is 1. The van der Waals surface area contributed by atoms with Crippen molar-refractivity contribution in [2.45, 2.75) is 39.3 Å². The molecular weight excluding hydrogens is 434 g/mol. The lowest BCUT2D eigenvalue weighted by Crippen LogP contribution is -2.29. The van der Waals surface area contributed by atoms with E-state index in [9.17, 15) is 4.79 Å². The number of hydrogen-bond donors (Lipinski definition) is 1. The van der Waals surface area contributed by atoms with Crippen molar-refractivity contribution >= 4 is 28.5 Å². The molecule has 3 aromatic carbocycles. The number of rotatable bonds is 9. The Hall–Kier alpha value is -3.31. The molecule has 1 aromatic heterocycles. The van der Waals surface area contributed by atoms with Gasteiger partial charge in [-0.1, -0.05) is 54.1 Å². The van der Waals surface area contributed by atoms with E-state index in [2.05, 4.69) is 28.9 Å². The van der Waals surface area contributed by atoms with Crippen LogP contribution in [0.4, 0.5) is 0 Å². The van der Waals surface area contributed by atoms with Crippen LogP contribution in [-0.2, 0) is 6.54 Å². The van der Waals surface area contributed by atoms with Gasteiger partial charge in [-0.15, -0.1) is 0 Å². The van der Waals surface area contributed by atoms with Crippen LogP contribution < -0.4 is 10.1 Å². The zero-order chi connectivity index (χ0) is 23.2. The Morgan fingerprint density at radius 1 is 1.03 bits per heavy atom. The summed E-state index contributed by atoms with van der Waals surface area (Å²) >= 11 is 6.20. The monoisotopic (exact) mass is 461 g/mol. The number of nitrogens with one attached hydrogen (secondary N) is 1. The van der Waals surface area contributed by atoms with Crippen molar-refractivity contribution in [2.24, 2.45) is 0 Å². The number of benzene rings is 3. The van der Waals surface area contributed by atoms with Gasteiger partial charge >= 0.3 is 0 Å². The maximum Gasteiger partial charge on any atom is 0.253 e. The minimum absolute atomic E-state index is 0.210. The lowest BCUT2D eigenvalue weighted by molar-refractivity contribution is 0.0938. The number of fused-ring (bicyclic) bond motifs is 1. The van der Waals surface area contributed by atoms with Gasteiger partial charge in [-0.3, -0.25) is 4.79 Å². The SMILES string of the molecule is Cc1ccccc1OCCCCn1c(C(C)NC(=O)c2ccccc2Cl)nc2ccccc21. The largest absolute Gasteiger partial charge is 0.493 e. The van der Waals surface area contributed by atoms with E-state index in [1.165, 1.54) is 0 Å². The Morgan fingerprint density at radius 3 is 2.58 bits per heavy atom. The van der Waals surface area contributed by atoms with Gasteiger partial charge in [0.05, 0.1) is 34.3 Å². The van der Waals surface area contributed by atoms with Gasteiger partial charge in [-0.25, -0.2) is 4.98 Å². The summed E-state index contributed by atoms with van der Waals surface area (Å²) in [4.78, 5) is 17.6. The van der Waals surface area contributed by atoms with E-state index in [4.69, 9.17) is 21.3 Å². The number of hydrogen-bond acceptors (Lipinski definition) is 3. The first-order chi connectivity index (χ1) is 16.0. The van der Waals surface area contributed by atoms with Crippen molar-refractivity contribution < 1.29 is 9.53 Å². The van der Waals surface area contributed by atoms with E-state index < -0.39 is 0 Å². The number of carbonyl (C=O) groups is 1. The second-order valence-electron chi connectivity index (χ2n) is 8.11. The fourth-order valence-electron chi connectivity index (χ4n) is 3.92. The molecule has 1 unspecified atom stereocenters. The van der Waals surface area contributed by atoms with E-state index in [1.807, 2.05) is 49.4 Å².